The molecule has 28 heavy (non-hydrogen) atoms. The van der Waals surface area contributed by atoms with Gasteiger partial charge in [0.05, 0.1) is 43.6 Å². The van der Waals surface area contributed by atoms with Gasteiger partial charge in [0.15, 0.2) is 0 Å². The highest BCUT2D eigenvalue weighted by Gasteiger charge is 2.16. The molecule has 3 rings (SSSR count). The number of ether oxygens (including phenoxy) is 1. The van der Waals surface area contributed by atoms with Gasteiger partial charge >= 0.3 is 12.0 Å². The van der Waals surface area contributed by atoms with Crippen LogP contribution < -0.4 is 10.1 Å². The molecule has 0 fully saturated rings. The Kier molecular flexibility index (Phi) is 6.26. The van der Waals surface area contributed by atoms with Crippen molar-refractivity contribution in [3.05, 3.63) is 54.7 Å². The highest BCUT2D eigenvalue weighted by Crippen LogP contribution is 2.35. The van der Waals surface area contributed by atoms with Gasteiger partial charge in [-0.1, -0.05) is 19.1 Å². The van der Waals surface area contributed by atoms with Gasteiger partial charge in [0.2, 0.25) is 0 Å². The molecule has 0 spiro atoms. The summed E-state index contributed by atoms with van der Waals surface area (Å²) < 4.78 is 10.5. The van der Waals surface area contributed by atoms with Gasteiger partial charge in [-0.2, -0.15) is 0 Å². The van der Waals surface area contributed by atoms with Gasteiger partial charge < -0.3 is 19.6 Å². The van der Waals surface area contributed by atoms with Crippen LogP contribution in [0.2, 0.25) is 0 Å². The third-order valence-corrected chi connectivity index (χ3v) is 4.44. The molecule has 1 atom stereocenters. The van der Waals surface area contributed by atoms with E-state index in [1.807, 2.05) is 38.1 Å². The number of hydrogen-bond acceptors (Lipinski definition) is 6. The maximum Gasteiger partial charge on any atom is 0.316 e. The van der Waals surface area contributed by atoms with Gasteiger partial charge in [-0.3, -0.25) is 4.79 Å². The van der Waals surface area contributed by atoms with Gasteiger partial charge in [0.25, 0.3) is 0 Å². The second-order valence-electron chi connectivity index (χ2n) is 6.33. The standard InChI is InChI=1S/C21H23N3O4/c1-3-14(10-20(25)26)15-5-6-18(16-7-8-27-13-16)19(9-15)24-17-11-22-21(23-12-17)28-4-2/h5-9,11-14,24H,3-4,10H2,1-2H3,(H,25,26)/t14-/m1/s1. The molecule has 2 N–H and O–H groups in total. The summed E-state index contributed by atoms with van der Waals surface area (Å²) in [5, 5.41) is 12.5. The minimum absolute atomic E-state index is 0.0620. The van der Waals surface area contributed by atoms with Crippen molar-refractivity contribution in [1.82, 2.24) is 9.97 Å². The fourth-order valence-corrected chi connectivity index (χ4v) is 3.04. The van der Waals surface area contributed by atoms with E-state index >= 15 is 0 Å². The van der Waals surface area contributed by atoms with Crippen molar-refractivity contribution in [2.75, 3.05) is 11.9 Å². The van der Waals surface area contributed by atoms with Gasteiger partial charge in [0.1, 0.15) is 0 Å². The van der Waals surface area contributed by atoms with Crippen LogP contribution in [0, 0.1) is 0 Å². The second-order valence-corrected chi connectivity index (χ2v) is 6.33. The van der Waals surface area contributed by atoms with Gasteiger partial charge in [-0.25, -0.2) is 9.97 Å². The van der Waals surface area contributed by atoms with Crippen LogP contribution in [0.5, 0.6) is 6.01 Å². The molecule has 0 saturated carbocycles. The maximum atomic E-state index is 11.2. The van der Waals surface area contributed by atoms with Crippen molar-refractivity contribution in [2.24, 2.45) is 0 Å². The summed E-state index contributed by atoms with van der Waals surface area (Å²) in [4.78, 5) is 19.6. The normalized spacial score (nSPS) is 11.8. The van der Waals surface area contributed by atoms with Crippen molar-refractivity contribution < 1.29 is 19.1 Å². The molecule has 1 aromatic carbocycles. The Labute approximate surface area is 163 Å². The number of carboxylic acids is 1. The summed E-state index contributed by atoms with van der Waals surface area (Å²) in [6.45, 7) is 4.37. The van der Waals surface area contributed by atoms with Gasteiger partial charge in [-0.15, -0.1) is 0 Å². The van der Waals surface area contributed by atoms with Crippen molar-refractivity contribution in [2.45, 2.75) is 32.6 Å². The van der Waals surface area contributed by atoms with Crippen LogP contribution >= 0.6 is 0 Å². The zero-order valence-electron chi connectivity index (χ0n) is 15.9. The number of hydrogen-bond donors (Lipinski definition) is 2. The Morgan fingerprint density at radius 2 is 2.04 bits per heavy atom. The van der Waals surface area contributed by atoms with Crippen molar-refractivity contribution in [3.63, 3.8) is 0 Å². The molecule has 7 heteroatoms. The molecule has 3 aromatic rings. The van der Waals surface area contributed by atoms with Crippen LogP contribution in [0.3, 0.4) is 0 Å². The number of aliphatic carboxylic acids is 1. The predicted octanol–water partition coefficient (Wildman–Crippen LogP) is 4.85. The monoisotopic (exact) mass is 381 g/mol. The predicted molar refractivity (Wildman–Crippen MR) is 106 cm³/mol. The molecule has 0 unspecified atom stereocenters. The average molecular weight is 381 g/mol. The summed E-state index contributed by atoms with van der Waals surface area (Å²) in [5.74, 6) is -0.867. The number of nitrogens with one attached hydrogen (secondary N) is 1. The van der Waals surface area contributed by atoms with Crippen LogP contribution in [0.15, 0.2) is 53.6 Å². The van der Waals surface area contributed by atoms with Crippen molar-refractivity contribution in [3.8, 4) is 17.1 Å². The molecule has 0 aliphatic carbocycles. The first-order valence-corrected chi connectivity index (χ1v) is 9.20. The van der Waals surface area contributed by atoms with E-state index in [1.165, 1.54) is 0 Å². The largest absolute Gasteiger partial charge is 0.481 e. The molecule has 0 aliphatic heterocycles. The number of furan rings is 1. The first-order valence-electron chi connectivity index (χ1n) is 9.20. The number of aromatic nitrogens is 2. The molecule has 0 saturated heterocycles. The number of carboxylic acid groups (broad SMARTS) is 1. The number of anilines is 2. The average Bonchev–Trinajstić information content (AvgIpc) is 3.22. The molecule has 7 nitrogen and oxygen atoms in total. The summed E-state index contributed by atoms with van der Waals surface area (Å²) in [6, 6.07) is 8.13. The molecule has 146 valence electrons. The first-order chi connectivity index (χ1) is 13.6. The quantitative estimate of drug-likeness (QED) is 0.547. The number of rotatable bonds is 9. The molecule has 0 bridgehead atoms. The van der Waals surface area contributed by atoms with E-state index < -0.39 is 5.97 Å². The number of nitrogens with zero attached hydrogens (tertiary/aromatic N) is 2. The Bertz CT molecular complexity index is 908. The molecule has 2 heterocycles. The van der Waals surface area contributed by atoms with Crippen molar-refractivity contribution in [1.29, 1.82) is 0 Å². The van der Waals surface area contributed by atoms with Crippen molar-refractivity contribution >= 4 is 17.3 Å². The van der Waals surface area contributed by atoms with Crippen LogP contribution in [-0.2, 0) is 4.79 Å². The minimum Gasteiger partial charge on any atom is -0.481 e. The Morgan fingerprint density at radius 1 is 1.25 bits per heavy atom. The third kappa shape index (κ3) is 4.68. The molecule has 0 radical (unpaired) electrons. The number of benzene rings is 1. The summed E-state index contributed by atoms with van der Waals surface area (Å²) in [7, 11) is 0. The second kappa shape index (κ2) is 9.03. The van der Waals surface area contributed by atoms with Crippen LogP contribution in [0.25, 0.3) is 11.1 Å². The van der Waals surface area contributed by atoms with E-state index in [1.54, 1.807) is 24.9 Å². The van der Waals surface area contributed by atoms with Crippen LogP contribution in [0.1, 0.15) is 38.2 Å². The molecule has 0 amide bonds. The van der Waals surface area contributed by atoms with E-state index in [4.69, 9.17) is 9.15 Å². The lowest BCUT2D eigenvalue weighted by Crippen LogP contribution is -2.06. The lowest BCUT2D eigenvalue weighted by atomic mass is 9.91. The third-order valence-electron chi connectivity index (χ3n) is 4.44. The van der Waals surface area contributed by atoms with E-state index in [2.05, 4.69) is 15.3 Å². The lowest BCUT2D eigenvalue weighted by molar-refractivity contribution is -0.137. The zero-order valence-corrected chi connectivity index (χ0v) is 15.9. The van der Waals surface area contributed by atoms with E-state index in [0.29, 0.717) is 18.3 Å². The lowest BCUT2D eigenvalue weighted by Gasteiger charge is -2.17. The topological polar surface area (TPSA) is 97.5 Å². The van der Waals surface area contributed by atoms with Gasteiger partial charge in [-0.05, 0) is 37.0 Å². The van der Waals surface area contributed by atoms with E-state index in [9.17, 15) is 9.90 Å². The highest BCUT2D eigenvalue weighted by atomic mass is 16.5. The Hall–Kier alpha value is -3.35. The fraction of sp³-hybridized carbons (Fsp3) is 0.286. The SMILES string of the molecule is CCOc1ncc(Nc2cc([C@H](CC)CC(=O)O)ccc2-c2ccoc2)cn1. The smallest absolute Gasteiger partial charge is 0.316 e. The van der Waals surface area contributed by atoms with Crippen LogP contribution in [0.4, 0.5) is 11.4 Å². The summed E-state index contributed by atoms with van der Waals surface area (Å²) in [5.41, 5.74) is 4.36. The molecule has 0 aliphatic rings. The van der Waals surface area contributed by atoms with Gasteiger partial charge in [0, 0.05) is 16.8 Å². The van der Waals surface area contributed by atoms with Crippen LogP contribution in [-0.4, -0.2) is 27.7 Å². The number of carbonyl (C=O) groups is 1. The molecule has 2 aromatic heterocycles. The summed E-state index contributed by atoms with van der Waals surface area (Å²) >= 11 is 0. The highest BCUT2D eigenvalue weighted by molar-refractivity contribution is 5.81. The summed E-state index contributed by atoms with van der Waals surface area (Å²) in [6.07, 6.45) is 7.42. The Morgan fingerprint density at radius 3 is 2.64 bits per heavy atom. The van der Waals surface area contributed by atoms with E-state index in [0.717, 1.165) is 28.8 Å². The first kappa shape index (κ1) is 19.4. The zero-order chi connectivity index (χ0) is 19.9. The maximum absolute atomic E-state index is 11.2. The fourth-order valence-electron chi connectivity index (χ4n) is 3.04. The minimum atomic E-state index is -0.805. The molecular weight excluding hydrogens is 358 g/mol. The van der Waals surface area contributed by atoms with E-state index in [-0.39, 0.29) is 12.3 Å². The molecular formula is C21H23N3O4. The Balaban J connectivity index is 1.95.